The van der Waals surface area contributed by atoms with Gasteiger partial charge in [0.15, 0.2) is 8.32 Å². The summed E-state index contributed by atoms with van der Waals surface area (Å²) in [6.45, 7) is 17.9. The molecule has 1 aliphatic rings. The number of hydrogen-bond donors (Lipinski definition) is 0. The molecule has 0 aliphatic carbocycles. The van der Waals surface area contributed by atoms with Gasteiger partial charge in [-0.1, -0.05) is 20.8 Å². The number of nitrogens with zero attached hydrogens (tertiary/aromatic N) is 1. The molecule has 0 N–H and O–H groups in total. The van der Waals surface area contributed by atoms with Crippen LogP contribution in [0.5, 0.6) is 0 Å². The van der Waals surface area contributed by atoms with Crippen molar-refractivity contribution >= 4 is 14.4 Å². The van der Waals surface area contributed by atoms with Crippen LogP contribution >= 0.6 is 0 Å². The number of amides is 1. The van der Waals surface area contributed by atoms with Gasteiger partial charge >= 0.3 is 6.09 Å². The van der Waals surface area contributed by atoms with E-state index in [1.807, 2.05) is 20.8 Å². The van der Waals surface area contributed by atoms with Crippen LogP contribution in [0.1, 0.15) is 48.0 Å². The standard InChI is InChI=1S/C17H35NO4Si/c1-16(2,3)21-15(19)18-11-14(10-13(18)12-20-7)22-23(8,9)17(4,5)6/h13-14H,10-12H2,1-9H3/t13-,14+/m1/s1. The van der Waals surface area contributed by atoms with Gasteiger partial charge in [0.25, 0.3) is 0 Å². The highest BCUT2D eigenvalue weighted by molar-refractivity contribution is 6.74. The van der Waals surface area contributed by atoms with Crippen LogP contribution in [0.3, 0.4) is 0 Å². The molecule has 0 unspecified atom stereocenters. The second kappa shape index (κ2) is 7.11. The highest BCUT2D eigenvalue weighted by Gasteiger charge is 2.44. The van der Waals surface area contributed by atoms with Gasteiger partial charge in [0.05, 0.1) is 18.8 Å². The minimum atomic E-state index is -1.85. The molecule has 5 nitrogen and oxygen atoms in total. The highest BCUT2D eigenvalue weighted by atomic mass is 28.4. The molecule has 1 saturated heterocycles. The van der Waals surface area contributed by atoms with Gasteiger partial charge in [-0.2, -0.15) is 0 Å². The first-order valence-corrected chi connectivity index (χ1v) is 11.3. The molecule has 23 heavy (non-hydrogen) atoms. The topological polar surface area (TPSA) is 48.0 Å². The van der Waals surface area contributed by atoms with Gasteiger partial charge in [-0.3, -0.25) is 0 Å². The molecule has 1 rings (SSSR count). The number of ether oxygens (including phenoxy) is 2. The highest BCUT2D eigenvalue weighted by Crippen LogP contribution is 2.39. The Labute approximate surface area is 142 Å². The lowest BCUT2D eigenvalue weighted by Gasteiger charge is -2.38. The third kappa shape index (κ3) is 5.76. The fourth-order valence-corrected chi connectivity index (χ4v) is 3.80. The predicted molar refractivity (Wildman–Crippen MR) is 95.3 cm³/mol. The summed E-state index contributed by atoms with van der Waals surface area (Å²) in [4.78, 5) is 14.2. The second-order valence-electron chi connectivity index (χ2n) is 8.98. The summed E-state index contributed by atoms with van der Waals surface area (Å²) in [7, 11) is -0.191. The van der Waals surface area contributed by atoms with Gasteiger partial charge in [-0.25, -0.2) is 4.79 Å². The minimum absolute atomic E-state index is 0.0182. The van der Waals surface area contributed by atoms with E-state index < -0.39 is 13.9 Å². The van der Waals surface area contributed by atoms with Crippen LogP contribution in [-0.2, 0) is 13.9 Å². The smallest absolute Gasteiger partial charge is 0.410 e. The molecule has 1 heterocycles. The number of hydrogen-bond acceptors (Lipinski definition) is 4. The van der Waals surface area contributed by atoms with E-state index in [2.05, 4.69) is 33.9 Å². The van der Waals surface area contributed by atoms with Gasteiger partial charge in [0.1, 0.15) is 5.60 Å². The molecule has 0 aromatic rings. The summed E-state index contributed by atoms with van der Waals surface area (Å²) >= 11 is 0. The van der Waals surface area contributed by atoms with E-state index in [-0.39, 0.29) is 23.3 Å². The Morgan fingerprint density at radius 2 is 1.74 bits per heavy atom. The van der Waals surface area contributed by atoms with Crippen molar-refractivity contribution in [3.8, 4) is 0 Å². The fraction of sp³-hybridized carbons (Fsp3) is 0.941. The zero-order valence-corrected chi connectivity index (χ0v) is 17.4. The minimum Gasteiger partial charge on any atom is -0.444 e. The first-order valence-electron chi connectivity index (χ1n) is 8.43. The van der Waals surface area contributed by atoms with Crippen LogP contribution in [-0.4, -0.2) is 57.3 Å². The Morgan fingerprint density at radius 1 is 1.17 bits per heavy atom. The van der Waals surface area contributed by atoms with Crippen molar-refractivity contribution in [2.45, 2.75) is 83.8 Å². The second-order valence-corrected chi connectivity index (χ2v) is 13.7. The van der Waals surface area contributed by atoms with Gasteiger partial charge in [-0.05, 0) is 45.3 Å². The predicted octanol–water partition coefficient (Wildman–Crippen LogP) is 4.03. The third-order valence-corrected chi connectivity index (χ3v) is 9.17. The van der Waals surface area contributed by atoms with E-state index in [1.165, 1.54) is 0 Å². The lowest BCUT2D eigenvalue weighted by atomic mass is 10.2. The Balaban J connectivity index is 2.80. The molecule has 0 saturated carbocycles. The van der Waals surface area contributed by atoms with Crippen molar-refractivity contribution in [3.05, 3.63) is 0 Å². The molecule has 0 spiro atoms. The zero-order chi connectivity index (χ0) is 18.1. The summed E-state index contributed by atoms with van der Waals surface area (Å²) in [5.41, 5.74) is -0.493. The first-order chi connectivity index (χ1) is 10.3. The number of rotatable bonds is 4. The molecule has 6 heteroatoms. The maximum atomic E-state index is 12.5. The van der Waals surface area contributed by atoms with Crippen molar-refractivity contribution < 1.29 is 18.7 Å². The molecule has 2 atom stereocenters. The van der Waals surface area contributed by atoms with E-state index >= 15 is 0 Å². The average molecular weight is 346 g/mol. The lowest BCUT2D eigenvalue weighted by molar-refractivity contribution is 0.0138. The molecular weight excluding hydrogens is 310 g/mol. The molecule has 0 aromatic heterocycles. The number of likely N-dealkylation sites (tertiary alicyclic amines) is 1. The van der Waals surface area contributed by atoms with Gasteiger partial charge in [0, 0.05) is 13.7 Å². The van der Waals surface area contributed by atoms with E-state index in [4.69, 9.17) is 13.9 Å². The lowest BCUT2D eigenvalue weighted by Crippen LogP contribution is -2.45. The summed E-state index contributed by atoms with van der Waals surface area (Å²) < 4.78 is 17.3. The number of carbonyl (C=O) groups excluding carboxylic acids is 1. The number of carbonyl (C=O) groups is 1. The average Bonchev–Trinajstić information content (AvgIpc) is 2.68. The molecule has 0 radical (unpaired) electrons. The van der Waals surface area contributed by atoms with Gasteiger partial charge in [0.2, 0.25) is 0 Å². The summed E-state index contributed by atoms with van der Waals surface area (Å²) in [5, 5.41) is 0.156. The third-order valence-electron chi connectivity index (χ3n) is 4.63. The SMILES string of the molecule is COC[C@H]1C[C@H](O[Si](C)(C)C(C)(C)C)CN1C(=O)OC(C)(C)C. The van der Waals surface area contributed by atoms with Crippen molar-refractivity contribution in [1.82, 2.24) is 4.90 Å². The van der Waals surface area contributed by atoms with E-state index in [0.29, 0.717) is 13.2 Å². The molecule has 1 fully saturated rings. The zero-order valence-electron chi connectivity index (χ0n) is 16.4. The first kappa shape index (κ1) is 20.5. The van der Waals surface area contributed by atoms with Crippen molar-refractivity contribution in [3.63, 3.8) is 0 Å². The Morgan fingerprint density at radius 3 is 2.17 bits per heavy atom. The van der Waals surface area contributed by atoms with Crippen LogP contribution in [0.4, 0.5) is 4.79 Å². The number of methoxy groups -OCH3 is 1. The van der Waals surface area contributed by atoms with Gasteiger partial charge in [-0.15, -0.1) is 0 Å². The van der Waals surface area contributed by atoms with Crippen molar-refractivity contribution in [2.75, 3.05) is 20.3 Å². The van der Waals surface area contributed by atoms with E-state index in [9.17, 15) is 4.79 Å². The molecule has 0 bridgehead atoms. The van der Waals surface area contributed by atoms with E-state index in [0.717, 1.165) is 6.42 Å². The molecule has 0 aromatic carbocycles. The quantitative estimate of drug-likeness (QED) is 0.722. The van der Waals surface area contributed by atoms with Gasteiger partial charge < -0.3 is 18.8 Å². The summed E-state index contributed by atoms with van der Waals surface area (Å²) in [6, 6.07) is 0.0182. The van der Waals surface area contributed by atoms with Crippen molar-refractivity contribution in [2.24, 2.45) is 0 Å². The van der Waals surface area contributed by atoms with Crippen molar-refractivity contribution in [1.29, 1.82) is 0 Å². The Hall–Kier alpha value is -0.593. The van der Waals surface area contributed by atoms with Crippen LogP contribution in [0.2, 0.25) is 18.1 Å². The molecular formula is C17H35NO4Si. The molecule has 136 valence electrons. The van der Waals surface area contributed by atoms with Crippen LogP contribution in [0.15, 0.2) is 0 Å². The molecule has 1 amide bonds. The largest absolute Gasteiger partial charge is 0.444 e. The monoisotopic (exact) mass is 345 g/mol. The summed E-state index contributed by atoms with van der Waals surface area (Å²) in [5.74, 6) is 0. The summed E-state index contributed by atoms with van der Waals surface area (Å²) in [6.07, 6.45) is 0.587. The Bertz CT molecular complexity index is 412. The fourth-order valence-electron chi connectivity index (χ4n) is 2.45. The maximum Gasteiger partial charge on any atom is 0.410 e. The van der Waals surface area contributed by atoms with Crippen LogP contribution in [0.25, 0.3) is 0 Å². The maximum absolute atomic E-state index is 12.5. The molecule has 1 aliphatic heterocycles. The Kier molecular flexibility index (Phi) is 6.32. The van der Waals surface area contributed by atoms with Crippen LogP contribution < -0.4 is 0 Å². The van der Waals surface area contributed by atoms with Crippen LogP contribution in [0, 0.1) is 0 Å². The van der Waals surface area contributed by atoms with E-state index in [1.54, 1.807) is 12.0 Å². The normalized spacial score (nSPS) is 23.3.